The van der Waals surface area contributed by atoms with E-state index < -0.39 is 0 Å². The molecule has 1 N–H and O–H groups in total. The van der Waals surface area contributed by atoms with Crippen LogP contribution < -0.4 is 0 Å². The Labute approximate surface area is 110 Å². The second-order valence-corrected chi connectivity index (χ2v) is 5.27. The van der Waals surface area contributed by atoms with Gasteiger partial charge in [-0.25, -0.2) is 0 Å². The molecule has 1 aromatic carbocycles. The van der Waals surface area contributed by atoms with Gasteiger partial charge in [-0.3, -0.25) is 4.90 Å². The van der Waals surface area contributed by atoms with Gasteiger partial charge in [0.15, 0.2) is 0 Å². The molecule has 17 heavy (non-hydrogen) atoms. The van der Waals surface area contributed by atoms with E-state index in [0.29, 0.717) is 0 Å². The summed E-state index contributed by atoms with van der Waals surface area (Å²) in [6, 6.07) is 10.0. The summed E-state index contributed by atoms with van der Waals surface area (Å²) in [7, 11) is 0. The van der Waals surface area contributed by atoms with E-state index in [1.807, 2.05) is 24.3 Å². The van der Waals surface area contributed by atoms with Gasteiger partial charge in [0.1, 0.15) is 6.04 Å². The van der Waals surface area contributed by atoms with E-state index in [1.165, 1.54) is 0 Å². The molecule has 4 heteroatoms. The molecule has 1 aliphatic heterocycles. The van der Waals surface area contributed by atoms with Gasteiger partial charge in [0.25, 0.3) is 0 Å². The van der Waals surface area contributed by atoms with Gasteiger partial charge in [0, 0.05) is 17.6 Å². The third kappa shape index (κ3) is 3.06. The first-order valence-electron chi connectivity index (χ1n) is 5.78. The smallest absolute Gasteiger partial charge is 0.123 e. The Kier molecular flexibility index (Phi) is 4.16. The lowest BCUT2D eigenvalue weighted by molar-refractivity contribution is 0.0716. The van der Waals surface area contributed by atoms with E-state index in [1.54, 1.807) is 0 Å². The Morgan fingerprint density at radius 2 is 2.12 bits per heavy atom. The van der Waals surface area contributed by atoms with Gasteiger partial charge in [0.2, 0.25) is 0 Å². The zero-order chi connectivity index (χ0) is 12.3. The molecule has 90 valence electrons. The van der Waals surface area contributed by atoms with Crippen molar-refractivity contribution >= 4 is 15.9 Å². The van der Waals surface area contributed by atoms with Crippen molar-refractivity contribution in [1.82, 2.24) is 4.90 Å². The largest absolute Gasteiger partial charge is 0.393 e. The molecular formula is C13H15BrN2O. The summed E-state index contributed by atoms with van der Waals surface area (Å²) in [6.07, 6.45) is 1.31. The number of rotatable bonds is 2. The summed E-state index contributed by atoms with van der Waals surface area (Å²) in [5.41, 5.74) is 1.01. The summed E-state index contributed by atoms with van der Waals surface area (Å²) < 4.78 is 0.993. The number of halogens is 1. The summed E-state index contributed by atoms with van der Waals surface area (Å²) in [5, 5.41) is 18.8. The molecule has 1 atom stereocenters. The van der Waals surface area contributed by atoms with Gasteiger partial charge < -0.3 is 5.11 Å². The normalized spacial score (nSPS) is 19.8. The molecule has 1 aromatic rings. The highest BCUT2D eigenvalue weighted by molar-refractivity contribution is 9.10. The maximum absolute atomic E-state index is 9.48. The maximum atomic E-state index is 9.48. The minimum absolute atomic E-state index is 0.201. The number of aliphatic hydroxyl groups is 1. The fourth-order valence-corrected chi connectivity index (χ4v) is 2.60. The van der Waals surface area contributed by atoms with Crippen molar-refractivity contribution in [1.29, 1.82) is 5.26 Å². The molecule has 0 aromatic heterocycles. The summed E-state index contributed by atoms with van der Waals surface area (Å²) in [4.78, 5) is 2.13. The molecule has 0 saturated carbocycles. The number of hydrogen-bond donors (Lipinski definition) is 1. The van der Waals surface area contributed by atoms with Crippen molar-refractivity contribution in [2.24, 2.45) is 0 Å². The van der Waals surface area contributed by atoms with Crippen molar-refractivity contribution in [3.05, 3.63) is 34.3 Å². The quantitative estimate of drug-likeness (QED) is 0.911. The van der Waals surface area contributed by atoms with E-state index in [4.69, 9.17) is 0 Å². The lowest BCUT2D eigenvalue weighted by Crippen LogP contribution is -2.38. The molecule has 0 spiro atoms. The Bertz CT molecular complexity index is 422. The highest BCUT2D eigenvalue weighted by Crippen LogP contribution is 2.26. The van der Waals surface area contributed by atoms with Gasteiger partial charge >= 0.3 is 0 Å². The Hall–Kier alpha value is -0.890. The van der Waals surface area contributed by atoms with Crippen LogP contribution >= 0.6 is 15.9 Å². The molecule has 1 saturated heterocycles. The van der Waals surface area contributed by atoms with Gasteiger partial charge in [-0.05, 0) is 30.5 Å². The van der Waals surface area contributed by atoms with Crippen molar-refractivity contribution in [2.75, 3.05) is 13.1 Å². The number of aliphatic hydroxyl groups excluding tert-OH is 1. The van der Waals surface area contributed by atoms with Crippen LogP contribution in [0.2, 0.25) is 0 Å². The van der Waals surface area contributed by atoms with Crippen LogP contribution in [0.25, 0.3) is 0 Å². The standard InChI is InChI=1S/C13H15BrN2O/c14-11-3-1-2-10(8-11)13(9-15)16-6-4-12(17)5-7-16/h1-3,8,12-13,17H,4-7H2. The van der Waals surface area contributed by atoms with Crippen molar-refractivity contribution < 1.29 is 5.11 Å². The minimum atomic E-state index is -0.208. The van der Waals surface area contributed by atoms with E-state index in [-0.39, 0.29) is 12.1 Å². The van der Waals surface area contributed by atoms with Gasteiger partial charge in [-0.1, -0.05) is 28.1 Å². The molecule has 1 aliphatic rings. The van der Waals surface area contributed by atoms with Crippen LogP contribution in [0.4, 0.5) is 0 Å². The molecule has 2 rings (SSSR count). The van der Waals surface area contributed by atoms with Crippen LogP contribution in [0.3, 0.4) is 0 Å². The first-order valence-corrected chi connectivity index (χ1v) is 6.57. The molecular weight excluding hydrogens is 280 g/mol. The highest BCUT2D eigenvalue weighted by atomic mass is 79.9. The molecule has 0 bridgehead atoms. The molecule has 0 radical (unpaired) electrons. The van der Waals surface area contributed by atoms with Crippen LogP contribution in [0.1, 0.15) is 24.4 Å². The fraction of sp³-hybridized carbons (Fsp3) is 0.462. The molecule has 1 fully saturated rings. The van der Waals surface area contributed by atoms with Crippen molar-refractivity contribution in [3.63, 3.8) is 0 Å². The van der Waals surface area contributed by atoms with Gasteiger partial charge in [-0.15, -0.1) is 0 Å². The molecule has 1 unspecified atom stereocenters. The average Bonchev–Trinajstić information content (AvgIpc) is 2.33. The second kappa shape index (κ2) is 5.63. The number of benzene rings is 1. The summed E-state index contributed by atoms with van der Waals surface area (Å²) in [6.45, 7) is 1.57. The first kappa shape index (κ1) is 12.6. The monoisotopic (exact) mass is 294 g/mol. The van der Waals surface area contributed by atoms with Crippen LogP contribution in [0, 0.1) is 11.3 Å². The summed E-state index contributed by atoms with van der Waals surface area (Å²) >= 11 is 3.43. The fourth-order valence-electron chi connectivity index (χ4n) is 2.19. The lowest BCUT2D eigenvalue weighted by Gasteiger charge is -2.32. The zero-order valence-electron chi connectivity index (χ0n) is 9.51. The second-order valence-electron chi connectivity index (χ2n) is 4.35. The lowest BCUT2D eigenvalue weighted by atomic mass is 10.0. The van der Waals surface area contributed by atoms with Crippen molar-refractivity contribution in [2.45, 2.75) is 25.0 Å². The zero-order valence-corrected chi connectivity index (χ0v) is 11.1. The number of nitriles is 1. The van der Waals surface area contributed by atoms with Crippen LogP contribution in [0.15, 0.2) is 28.7 Å². The SMILES string of the molecule is N#CC(c1cccc(Br)c1)N1CCC(O)CC1. The topological polar surface area (TPSA) is 47.3 Å². The Morgan fingerprint density at radius 3 is 2.71 bits per heavy atom. The minimum Gasteiger partial charge on any atom is -0.393 e. The van der Waals surface area contributed by atoms with E-state index in [2.05, 4.69) is 26.9 Å². The van der Waals surface area contributed by atoms with E-state index >= 15 is 0 Å². The third-order valence-electron chi connectivity index (χ3n) is 3.15. The molecule has 0 aliphatic carbocycles. The number of piperidine rings is 1. The first-order chi connectivity index (χ1) is 8.20. The number of nitrogens with zero attached hydrogens (tertiary/aromatic N) is 2. The highest BCUT2D eigenvalue weighted by Gasteiger charge is 2.25. The summed E-state index contributed by atoms with van der Waals surface area (Å²) in [5.74, 6) is 0. The third-order valence-corrected chi connectivity index (χ3v) is 3.64. The van der Waals surface area contributed by atoms with E-state index in [0.717, 1.165) is 36.0 Å². The van der Waals surface area contributed by atoms with Crippen LogP contribution in [0.5, 0.6) is 0 Å². The van der Waals surface area contributed by atoms with E-state index in [9.17, 15) is 10.4 Å². The molecule has 0 amide bonds. The predicted octanol–water partition coefficient (Wildman–Crippen LogP) is 2.47. The number of likely N-dealkylation sites (tertiary alicyclic amines) is 1. The van der Waals surface area contributed by atoms with Crippen molar-refractivity contribution in [3.8, 4) is 6.07 Å². The van der Waals surface area contributed by atoms with Crippen LogP contribution in [-0.2, 0) is 0 Å². The van der Waals surface area contributed by atoms with Gasteiger partial charge in [0.05, 0.1) is 12.2 Å². The predicted molar refractivity (Wildman–Crippen MR) is 69.3 cm³/mol. The Morgan fingerprint density at radius 1 is 1.41 bits per heavy atom. The number of hydrogen-bond acceptors (Lipinski definition) is 3. The van der Waals surface area contributed by atoms with Crippen LogP contribution in [-0.4, -0.2) is 29.2 Å². The maximum Gasteiger partial charge on any atom is 0.123 e. The van der Waals surface area contributed by atoms with Gasteiger partial charge in [-0.2, -0.15) is 5.26 Å². The molecule has 3 nitrogen and oxygen atoms in total. The average molecular weight is 295 g/mol. The molecule has 1 heterocycles. The Balaban J connectivity index is 2.14.